The molecule has 0 spiro atoms. The molecule has 4 nitrogen and oxygen atoms in total. The van der Waals surface area contributed by atoms with Gasteiger partial charge >= 0.3 is 0 Å². The molecule has 19 heavy (non-hydrogen) atoms. The van der Waals surface area contributed by atoms with Gasteiger partial charge in [0.05, 0.1) is 0 Å². The summed E-state index contributed by atoms with van der Waals surface area (Å²) in [6.07, 6.45) is 0.574. The molecule has 1 aromatic heterocycles. The summed E-state index contributed by atoms with van der Waals surface area (Å²) in [4.78, 5) is 10.9. The lowest BCUT2D eigenvalue weighted by atomic mass is 10.2. The minimum Gasteiger partial charge on any atom is -0.330 e. The Kier molecular flexibility index (Phi) is 4.93. The summed E-state index contributed by atoms with van der Waals surface area (Å²) in [5.74, 6) is 0.962. The molecule has 2 aromatic rings. The van der Waals surface area contributed by atoms with Crippen LogP contribution in [0.15, 0.2) is 28.6 Å². The van der Waals surface area contributed by atoms with Crippen LogP contribution in [0.5, 0.6) is 0 Å². The average molecular weight is 293 g/mol. The molecule has 0 unspecified atom stereocenters. The van der Waals surface area contributed by atoms with Gasteiger partial charge in [-0.2, -0.15) is 0 Å². The first-order valence-corrected chi connectivity index (χ1v) is 7.74. The van der Waals surface area contributed by atoms with E-state index in [2.05, 4.69) is 15.5 Å². The van der Waals surface area contributed by atoms with Crippen LogP contribution in [-0.2, 0) is 4.79 Å². The highest BCUT2D eigenvalue weighted by Crippen LogP contribution is 2.28. The summed E-state index contributed by atoms with van der Waals surface area (Å²) in [7, 11) is 0. The topological polar surface area (TPSA) is 54.9 Å². The number of aromatic nitrogens is 2. The van der Waals surface area contributed by atoms with Crippen LogP contribution in [0.4, 0.5) is 10.8 Å². The molecule has 0 fully saturated rings. The van der Waals surface area contributed by atoms with Crippen molar-refractivity contribution in [3.05, 3.63) is 29.8 Å². The van der Waals surface area contributed by atoms with Gasteiger partial charge in [-0.05, 0) is 25.5 Å². The van der Waals surface area contributed by atoms with Crippen LogP contribution in [0, 0.1) is 6.92 Å². The van der Waals surface area contributed by atoms with Crippen molar-refractivity contribution >= 4 is 39.7 Å². The van der Waals surface area contributed by atoms with Gasteiger partial charge in [-0.3, -0.25) is 4.79 Å². The number of para-hydroxylation sites is 1. The van der Waals surface area contributed by atoms with E-state index >= 15 is 0 Å². The number of ketones is 1. The van der Waals surface area contributed by atoms with Crippen LogP contribution < -0.4 is 5.32 Å². The lowest BCUT2D eigenvalue weighted by molar-refractivity contribution is -0.116. The Morgan fingerprint density at radius 3 is 2.89 bits per heavy atom. The van der Waals surface area contributed by atoms with Gasteiger partial charge in [0.2, 0.25) is 5.13 Å². The summed E-state index contributed by atoms with van der Waals surface area (Å²) in [5.41, 5.74) is 2.21. The molecule has 0 aliphatic carbocycles. The van der Waals surface area contributed by atoms with Crippen molar-refractivity contribution in [2.24, 2.45) is 0 Å². The third-order valence-corrected chi connectivity index (χ3v) is 4.45. The van der Waals surface area contributed by atoms with Crippen LogP contribution in [0.2, 0.25) is 0 Å². The Hall–Kier alpha value is -1.40. The molecule has 0 aliphatic rings. The average Bonchev–Trinajstić information content (AvgIpc) is 2.79. The first-order chi connectivity index (χ1) is 9.15. The maximum Gasteiger partial charge on any atom is 0.210 e. The van der Waals surface area contributed by atoms with Crippen molar-refractivity contribution in [3.63, 3.8) is 0 Å². The van der Waals surface area contributed by atoms with Crippen molar-refractivity contribution in [1.29, 1.82) is 0 Å². The van der Waals surface area contributed by atoms with Crippen molar-refractivity contribution < 1.29 is 4.79 Å². The number of hydrogen-bond donors (Lipinski definition) is 1. The third-order valence-electron chi connectivity index (χ3n) is 2.47. The normalized spacial score (nSPS) is 10.4. The van der Waals surface area contributed by atoms with E-state index in [-0.39, 0.29) is 5.78 Å². The lowest BCUT2D eigenvalue weighted by Gasteiger charge is -2.04. The van der Waals surface area contributed by atoms with Gasteiger partial charge in [0.15, 0.2) is 4.34 Å². The number of hydrogen-bond acceptors (Lipinski definition) is 6. The van der Waals surface area contributed by atoms with Crippen LogP contribution in [0.1, 0.15) is 18.9 Å². The molecule has 6 heteroatoms. The maximum absolute atomic E-state index is 10.9. The van der Waals surface area contributed by atoms with Crippen molar-refractivity contribution in [2.75, 3.05) is 11.1 Å². The van der Waals surface area contributed by atoms with Crippen LogP contribution in [0.3, 0.4) is 0 Å². The number of aryl methyl sites for hydroxylation is 1. The zero-order chi connectivity index (χ0) is 13.7. The van der Waals surface area contributed by atoms with Gasteiger partial charge in [-0.1, -0.05) is 41.3 Å². The lowest BCUT2D eigenvalue weighted by Crippen LogP contribution is -1.91. The van der Waals surface area contributed by atoms with E-state index < -0.39 is 0 Å². The number of thioether (sulfide) groups is 1. The van der Waals surface area contributed by atoms with E-state index in [1.807, 2.05) is 31.2 Å². The molecule has 100 valence electrons. The molecule has 1 heterocycles. The van der Waals surface area contributed by atoms with Crippen molar-refractivity contribution in [3.8, 4) is 0 Å². The number of carbonyl (C=O) groups is 1. The fourth-order valence-electron chi connectivity index (χ4n) is 1.43. The number of benzene rings is 1. The molecule has 0 atom stereocenters. The smallest absolute Gasteiger partial charge is 0.210 e. The second-order valence-electron chi connectivity index (χ2n) is 4.11. The summed E-state index contributed by atoms with van der Waals surface area (Å²) in [5, 5.41) is 12.2. The zero-order valence-corrected chi connectivity index (χ0v) is 12.5. The molecule has 0 saturated heterocycles. The van der Waals surface area contributed by atoms with Gasteiger partial charge in [0.1, 0.15) is 5.78 Å². The Balaban J connectivity index is 1.94. The maximum atomic E-state index is 10.9. The molecule has 0 bridgehead atoms. The summed E-state index contributed by atoms with van der Waals surface area (Å²) in [6.45, 7) is 3.65. The summed E-state index contributed by atoms with van der Waals surface area (Å²) >= 11 is 3.07. The minimum absolute atomic E-state index is 0.204. The highest BCUT2D eigenvalue weighted by Gasteiger charge is 2.06. The van der Waals surface area contributed by atoms with E-state index in [1.54, 1.807) is 18.7 Å². The quantitative estimate of drug-likeness (QED) is 0.824. The zero-order valence-electron chi connectivity index (χ0n) is 10.8. The largest absolute Gasteiger partial charge is 0.330 e. The molecule has 0 aliphatic heterocycles. The Morgan fingerprint density at radius 1 is 1.37 bits per heavy atom. The van der Waals surface area contributed by atoms with Crippen LogP contribution in [0.25, 0.3) is 0 Å². The predicted molar refractivity (Wildman–Crippen MR) is 80.4 cm³/mol. The van der Waals surface area contributed by atoms with Gasteiger partial charge in [-0.25, -0.2) is 0 Å². The van der Waals surface area contributed by atoms with Gasteiger partial charge in [0, 0.05) is 17.9 Å². The predicted octanol–water partition coefficient (Wildman–Crippen LogP) is 3.66. The summed E-state index contributed by atoms with van der Waals surface area (Å²) < 4.78 is 0.886. The van der Waals surface area contributed by atoms with Crippen LogP contribution >= 0.6 is 23.1 Å². The molecule has 0 saturated carbocycles. The van der Waals surface area contributed by atoms with Gasteiger partial charge in [-0.15, -0.1) is 10.2 Å². The number of Topliss-reactive ketones (excluding diaryl/α,β-unsaturated/α-hetero) is 1. The number of nitrogens with zero attached hydrogens (tertiary/aromatic N) is 2. The number of carbonyl (C=O) groups excluding carboxylic acids is 1. The highest BCUT2D eigenvalue weighted by atomic mass is 32.2. The monoisotopic (exact) mass is 293 g/mol. The summed E-state index contributed by atoms with van der Waals surface area (Å²) in [6, 6.07) is 8.05. The molecule has 1 N–H and O–H groups in total. The van der Waals surface area contributed by atoms with E-state index in [4.69, 9.17) is 0 Å². The second kappa shape index (κ2) is 6.68. The fourth-order valence-corrected chi connectivity index (χ4v) is 3.30. The Bertz CT molecular complexity index is 569. The number of nitrogens with one attached hydrogen (secondary N) is 1. The molecular weight excluding hydrogens is 278 g/mol. The van der Waals surface area contributed by atoms with Crippen molar-refractivity contribution in [2.45, 2.75) is 24.6 Å². The third kappa shape index (κ3) is 4.33. The molecule has 1 aromatic carbocycles. The van der Waals surface area contributed by atoms with E-state index in [0.717, 1.165) is 20.9 Å². The molecule has 0 radical (unpaired) electrons. The molecular formula is C13H15N3OS2. The fraction of sp³-hybridized carbons (Fsp3) is 0.308. The van der Waals surface area contributed by atoms with Gasteiger partial charge in [0.25, 0.3) is 0 Å². The number of rotatable bonds is 6. The number of anilines is 2. The molecule has 0 amide bonds. The highest BCUT2D eigenvalue weighted by molar-refractivity contribution is 8.01. The Morgan fingerprint density at radius 2 is 2.16 bits per heavy atom. The van der Waals surface area contributed by atoms with E-state index in [0.29, 0.717) is 6.42 Å². The molecule has 2 rings (SSSR count). The first kappa shape index (κ1) is 14.0. The SMILES string of the molecule is CC(=O)CCSc1nnc(Nc2ccccc2C)s1. The minimum atomic E-state index is 0.204. The first-order valence-electron chi connectivity index (χ1n) is 5.93. The van der Waals surface area contributed by atoms with E-state index in [9.17, 15) is 4.79 Å². The standard InChI is InChI=1S/C13H15N3OS2/c1-9-5-3-4-6-11(9)14-12-15-16-13(19-12)18-8-7-10(2)17/h3-6H,7-8H2,1-2H3,(H,14,15). The Labute approximate surface area is 120 Å². The van der Waals surface area contributed by atoms with Crippen LogP contribution in [-0.4, -0.2) is 21.7 Å². The van der Waals surface area contributed by atoms with Gasteiger partial charge < -0.3 is 5.32 Å². The second-order valence-corrected chi connectivity index (χ2v) is 6.43. The van der Waals surface area contributed by atoms with Crippen molar-refractivity contribution in [1.82, 2.24) is 10.2 Å². The van der Waals surface area contributed by atoms with E-state index in [1.165, 1.54) is 16.9 Å².